The van der Waals surface area contributed by atoms with Crippen LogP contribution in [0.3, 0.4) is 0 Å². The van der Waals surface area contributed by atoms with E-state index in [1.807, 2.05) is 0 Å². The fraction of sp³-hybridized carbons (Fsp3) is 0.357. The summed E-state index contributed by atoms with van der Waals surface area (Å²) < 4.78 is 0. The quantitative estimate of drug-likeness (QED) is 0.494. The summed E-state index contributed by atoms with van der Waals surface area (Å²) in [6.07, 6.45) is 25.5. The molecule has 0 spiro atoms. The molecule has 1 aliphatic carbocycles. The van der Waals surface area contributed by atoms with Gasteiger partial charge in [-0.1, -0.05) is 48.6 Å². The highest BCUT2D eigenvalue weighted by molar-refractivity contribution is 5.06. The average molecular weight is 187 g/mol. The Morgan fingerprint density at radius 1 is 0.571 bits per heavy atom. The molecule has 0 heteroatoms. The summed E-state index contributed by atoms with van der Waals surface area (Å²) in [5, 5.41) is 0. The molecule has 0 fully saturated rings. The molecule has 0 saturated carbocycles. The highest BCUT2D eigenvalue weighted by Gasteiger charge is 1.82. The number of hydrogen-bond donors (Lipinski definition) is 0. The van der Waals surface area contributed by atoms with Gasteiger partial charge in [-0.3, -0.25) is 0 Å². The zero-order chi connectivity index (χ0) is 9.90. The molecule has 0 saturated heterocycles. The second-order valence-electron chi connectivity index (χ2n) is 3.39. The molecule has 0 aliphatic heterocycles. The van der Waals surface area contributed by atoms with Crippen molar-refractivity contribution in [2.75, 3.05) is 0 Å². The fourth-order valence-corrected chi connectivity index (χ4v) is 1.31. The van der Waals surface area contributed by atoms with Crippen molar-refractivity contribution in [3.8, 4) is 0 Å². The lowest BCUT2D eigenvalue weighted by molar-refractivity contribution is 0.867. The predicted octanol–water partition coefficient (Wildman–Crippen LogP) is 4.38. The monoisotopic (exact) mass is 187 g/mol. The minimum atomic E-state index is 1.04. The van der Waals surface area contributed by atoms with E-state index in [1.54, 1.807) is 0 Å². The summed E-state index contributed by atoms with van der Waals surface area (Å²) in [7, 11) is 0. The van der Waals surface area contributed by atoms with Crippen LogP contribution < -0.4 is 0 Å². The standard InChI is InChI=1S/C14H19/c1-2-4-6-8-10-12-14-13-11-9-7-5-3-1/h1-4,7,9,12-14H,5-6,8,10-11H2. The minimum absolute atomic E-state index is 1.04. The maximum atomic E-state index is 2.25. The van der Waals surface area contributed by atoms with Gasteiger partial charge in [0, 0.05) is 0 Å². The molecule has 0 atom stereocenters. The maximum Gasteiger partial charge on any atom is -0.0133 e. The van der Waals surface area contributed by atoms with Gasteiger partial charge in [0.15, 0.2) is 0 Å². The molecule has 0 nitrogen and oxygen atoms in total. The second kappa shape index (κ2) is 8.55. The normalized spacial score (nSPS) is 19.4. The van der Waals surface area contributed by atoms with Crippen LogP contribution in [0.2, 0.25) is 0 Å². The van der Waals surface area contributed by atoms with Gasteiger partial charge in [0.2, 0.25) is 0 Å². The lowest BCUT2D eigenvalue weighted by atomic mass is 10.2. The van der Waals surface area contributed by atoms with E-state index in [4.69, 9.17) is 0 Å². The van der Waals surface area contributed by atoms with Crippen molar-refractivity contribution in [3.63, 3.8) is 0 Å². The van der Waals surface area contributed by atoms with Crippen molar-refractivity contribution in [2.45, 2.75) is 32.1 Å². The Balaban J connectivity index is 2.34. The van der Waals surface area contributed by atoms with Crippen molar-refractivity contribution < 1.29 is 0 Å². The van der Waals surface area contributed by atoms with Gasteiger partial charge in [0.1, 0.15) is 0 Å². The Kier molecular flexibility index (Phi) is 6.74. The smallest absolute Gasteiger partial charge is 0.0133 e. The van der Waals surface area contributed by atoms with Crippen molar-refractivity contribution in [3.05, 3.63) is 55.0 Å². The molecule has 0 amide bonds. The molecule has 0 aromatic carbocycles. The summed E-state index contributed by atoms with van der Waals surface area (Å²) >= 11 is 0. The molecule has 0 heterocycles. The van der Waals surface area contributed by atoms with Crippen LogP contribution in [-0.2, 0) is 0 Å². The Hall–Kier alpha value is -1.04. The molecule has 0 unspecified atom stereocenters. The molecule has 1 aliphatic rings. The largest absolute Gasteiger partial charge is 0.0882 e. The van der Waals surface area contributed by atoms with Crippen molar-refractivity contribution in [1.29, 1.82) is 0 Å². The molecule has 75 valence electrons. The van der Waals surface area contributed by atoms with E-state index in [2.05, 4.69) is 55.0 Å². The Morgan fingerprint density at radius 2 is 1.29 bits per heavy atom. The number of allylic oxidation sites excluding steroid dienone is 8. The van der Waals surface area contributed by atoms with Crippen LogP contribution in [0, 0.1) is 6.42 Å². The molecule has 1 radical (unpaired) electrons. The van der Waals surface area contributed by atoms with E-state index in [0.717, 1.165) is 12.8 Å². The first-order valence-electron chi connectivity index (χ1n) is 5.45. The van der Waals surface area contributed by atoms with Gasteiger partial charge in [0.25, 0.3) is 0 Å². The minimum Gasteiger partial charge on any atom is -0.0882 e. The molecule has 0 aromatic heterocycles. The van der Waals surface area contributed by atoms with Gasteiger partial charge < -0.3 is 0 Å². The summed E-state index contributed by atoms with van der Waals surface area (Å²) in [4.78, 5) is 0. The first-order valence-corrected chi connectivity index (χ1v) is 5.45. The highest BCUT2D eigenvalue weighted by atomic mass is 13.9. The van der Waals surface area contributed by atoms with Gasteiger partial charge in [-0.15, -0.1) is 0 Å². The Labute approximate surface area is 87.7 Å². The first kappa shape index (κ1) is 11.0. The van der Waals surface area contributed by atoms with Crippen molar-refractivity contribution >= 4 is 0 Å². The predicted molar refractivity (Wildman–Crippen MR) is 63.9 cm³/mol. The third-order valence-corrected chi connectivity index (χ3v) is 2.11. The average Bonchev–Trinajstić information content (AvgIpc) is 2.22. The maximum absolute atomic E-state index is 2.25. The van der Waals surface area contributed by atoms with Crippen LogP contribution in [0.1, 0.15) is 32.1 Å². The summed E-state index contributed by atoms with van der Waals surface area (Å²) in [6, 6.07) is 0. The van der Waals surface area contributed by atoms with Crippen molar-refractivity contribution in [1.82, 2.24) is 0 Å². The van der Waals surface area contributed by atoms with Crippen molar-refractivity contribution in [2.24, 2.45) is 0 Å². The number of rotatable bonds is 0. The molecule has 0 N–H and O–H groups in total. The van der Waals surface area contributed by atoms with Gasteiger partial charge in [0.05, 0.1) is 0 Å². The van der Waals surface area contributed by atoms with Crippen LogP contribution in [-0.4, -0.2) is 0 Å². The van der Waals surface area contributed by atoms with Crippen LogP contribution in [0.4, 0.5) is 0 Å². The Morgan fingerprint density at radius 3 is 2.21 bits per heavy atom. The van der Waals surface area contributed by atoms with Crippen LogP contribution in [0.5, 0.6) is 0 Å². The topological polar surface area (TPSA) is 0 Å². The van der Waals surface area contributed by atoms with Crippen LogP contribution in [0.15, 0.2) is 48.6 Å². The first-order chi connectivity index (χ1) is 7.00. The molecule has 1 rings (SSSR count). The van der Waals surface area contributed by atoms with Gasteiger partial charge in [-0.2, -0.15) is 0 Å². The molecule has 0 bridgehead atoms. The lowest BCUT2D eigenvalue weighted by Gasteiger charge is -1.91. The SMILES string of the molecule is [CH]1C=CCCCC=CC=CCC=CC1. The van der Waals surface area contributed by atoms with Gasteiger partial charge in [-0.25, -0.2) is 0 Å². The summed E-state index contributed by atoms with van der Waals surface area (Å²) in [5.41, 5.74) is 0. The van der Waals surface area contributed by atoms with E-state index in [-0.39, 0.29) is 0 Å². The summed E-state index contributed by atoms with van der Waals surface area (Å²) in [6.45, 7) is 0. The van der Waals surface area contributed by atoms with E-state index in [9.17, 15) is 0 Å². The zero-order valence-electron chi connectivity index (χ0n) is 8.73. The third-order valence-electron chi connectivity index (χ3n) is 2.11. The zero-order valence-corrected chi connectivity index (χ0v) is 8.73. The third kappa shape index (κ3) is 6.47. The Bertz CT molecular complexity index is 228. The van der Waals surface area contributed by atoms with E-state index in [1.165, 1.54) is 19.3 Å². The summed E-state index contributed by atoms with van der Waals surface area (Å²) in [5.74, 6) is 0. The van der Waals surface area contributed by atoms with E-state index >= 15 is 0 Å². The van der Waals surface area contributed by atoms with Crippen LogP contribution >= 0.6 is 0 Å². The van der Waals surface area contributed by atoms with Crippen LogP contribution in [0.25, 0.3) is 0 Å². The molecule has 0 aromatic rings. The van der Waals surface area contributed by atoms with Gasteiger partial charge in [-0.05, 0) is 38.5 Å². The van der Waals surface area contributed by atoms with Gasteiger partial charge >= 0.3 is 0 Å². The molecule has 14 heavy (non-hydrogen) atoms. The van der Waals surface area contributed by atoms with E-state index in [0.29, 0.717) is 0 Å². The number of hydrogen-bond acceptors (Lipinski definition) is 0. The second-order valence-corrected chi connectivity index (χ2v) is 3.39. The highest BCUT2D eigenvalue weighted by Crippen LogP contribution is 2.01. The lowest BCUT2D eigenvalue weighted by Crippen LogP contribution is -1.72. The van der Waals surface area contributed by atoms with E-state index < -0.39 is 0 Å². The molecular weight excluding hydrogens is 168 g/mol. The fourth-order valence-electron chi connectivity index (χ4n) is 1.31. The molecular formula is C14H19.